The minimum atomic E-state index is -0.576. The normalized spacial score (nSPS) is 9.80. The quantitative estimate of drug-likeness (QED) is 0.801. The largest absolute Gasteiger partial charge is 0.466 e. The van der Waals surface area contributed by atoms with Crippen LogP contribution >= 0.6 is 27.3 Å². The number of methoxy groups -OCH3 is 1. The molecule has 1 rings (SSSR count). The Morgan fingerprint density at radius 2 is 2.20 bits per heavy atom. The molecule has 0 saturated carbocycles. The van der Waals surface area contributed by atoms with Crippen molar-refractivity contribution in [2.75, 3.05) is 13.7 Å². The highest BCUT2D eigenvalue weighted by atomic mass is 79.9. The Labute approximate surface area is 99.3 Å². The summed E-state index contributed by atoms with van der Waals surface area (Å²) in [6.07, 6.45) is 0. The Morgan fingerprint density at radius 3 is 2.67 bits per heavy atom. The lowest BCUT2D eigenvalue weighted by Gasteiger charge is -2.01. The number of halogens is 1. The van der Waals surface area contributed by atoms with Gasteiger partial charge in [-0.2, -0.15) is 0 Å². The van der Waals surface area contributed by atoms with Crippen LogP contribution in [0.2, 0.25) is 0 Å². The molecule has 0 aliphatic heterocycles. The van der Waals surface area contributed by atoms with Crippen LogP contribution in [-0.4, -0.2) is 25.7 Å². The number of ether oxygens (including phenoxy) is 2. The molecule has 0 amide bonds. The standard InChI is InChI=1S/C9H9BrO4S/c1-5-4-15-8(7(5)10)9(12)14-3-6(11)13-2/h4H,3H2,1-2H3. The average molecular weight is 293 g/mol. The molecule has 0 saturated heterocycles. The highest BCUT2D eigenvalue weighted by Gasteiger charge is 2.16. The van der Waals surface area contributed by atoms with Crippen LogP contribution in [0.15, 0.2) is 9.85 Å². The van der Waals surface area contributed by atoms with Gasteiger partial charge in [0.05, 0.1) is 7.11 Å². The van der Waals surface area contributed by atoms with Crippen LogP contribution in [0, 0.1) is 6.92 Å². The van der Waals surface area contributed by atoms with Gasteiger partial charge in [-0.3, -0.25) is 0 Å². The van der Waals surface area contributed by atoms with E-state index in [1.807, 2.05) is 12.3 Å². The van der Waals surface area contributed by atoms with Gasteiger partial charge in [0.2, 0.25) is 0 Å². The summed E-state index contributed by atoms with van der Waals surface area (Å²) >= 11 is 4.54. The van der Waals surface area contributed by atoms with Crippen molar-refractivity contribution >= 4 is 39.2 Å². The van der Waals surface area contributed by atoms with E-state index in [9.17, 15) is 9.59 Å². The molecule has 0 aliphatic rings. The Kier molecular flexibility index (Phi) is 4.28. The van der Waals surface area contributed by atoms with Crippen molar-refractivity contribution in [1.82, 2.24) is 0 Å². The first-order valence-corrected chi connectivity index (χ1v) is 5.71. The highest BCUT2D eigenvalue weighted by molar-refractivity contribution is 9.10. The van der Waals surface area contributed by atoms with E-state index in [0.29, 0.717) is 9.35 Å². The predicted octanol–water partition coefficient (Wildman–Crippen LogP) is 2.15. The van der Waals surface area contributed by atoms with Gasteiger partial charge in [-0.25, -0.2) is 9.59 Å². The zero-order chi connectivity index (χ0) is 11.4. The second-order valence-electron chi connectivity index (χ2n) is 2.71. The lowest BCUT2D eigenvalue weighted by atomic mass is 10.3. The number of rotatable bonds is 3. The molecular formula is C9H9BrO4S. The number of aryl methyl sites for hydroxylation is 1. The van der Waals surface area contributed by atoms with E-state index in [2.05, 4.69) is 20.7 Å². The van der Waals surface area contributed by atoms with E-state index in [4.69, 9.17) is 4.74 Å². The fourth-order valence-electron chi connectivity index (χ4n) is 0.817. The summed E-state index contributed by atoms with van der Waals surface area (Å²) in [5.41, 5.74) is 0.963. The van der Waals surface area contributed by atoms with Gasteiger partial charge in [0.15, 0.2) is 6.61 Å². The van der Waals surface area contributed by atoms with E-state index in [1.165, 1.54) is 18.4 Å². The molecule has 1 aromatic heterocycles. The zero-order valence-electron chi connectivity index (χ0n) is 8.20. The number of hydrogen-bond donors (Lipinski definition) is 0. The van der Waals surface area contributed by atoms with Crippen molar-refractivity contribution < 1.29 is 19.1 Å². The van der Waals surface area contributed by atoms with Crippen molar-refractivity contribution in [3.63, 3.8) is 0 Å². The van der Waals surface area contributed by atoms with E-state index in [0.717, 1.165) is 5.56 Å². The van der Waals surface area contributed by atoms with Crippen LogP contribution in [0.1, 0.15) is 15.2 Å². The first-order valence-electron chi connectivity index (χ1n) is 4.03. The molecule has 0 fully saturated rings. The summed E-state index contributed by atoms with van der Waals surface area (Å²) in [6.45, 7) is 1.51. The van der Waals surface area contributed by atoms with Crippen LogP contribution in [0.5, 0.6) is 0 Å². The lowest BCUT2D eigenvalue weighted by molar-refractivity contribution is -0.144. The first kappa shape index (κ1) is 12.2. The number of thiophene rings is 1. The topological polar surface area (TPSA) is 52.6 Å². The van der Waals surface area contributed by atoms with E-state index in [-0.39, 0.29) is 6.61 Å². The molecule has 0 unspecified atom stereocenters. The minimum absolute atomic E-state index is 0.362. The molecule has 82 valence electrons. The number of esters is 2. The van der Waals surface area contributed by atoms with Crippen molar-refractivity contribution in [3.8, 4) is 0 Å². The van der Waals surface area contributed by atoms with Crippen LogP contribution < -0.4 is 0 Å². The first-order chi connectivity index (χ1) is 7.06. The minimum Gasteiger partial charge on any atom is -0.466 e. The van der Waals surface area contributed by atoms with Gasteiger partial charge >= 0.3 is 11.9 Å². The molecule has 0 radical (unpaired) electrons. The Morgan fingerprint density at radius 1 is 1.53 bits per heavy atom. The molecule has 6 heteroatoms. The van der Waals surface area contributed by atoms with Crippen LogP contribution in [-0.2, 0) is 14.3 Å². The molecule has 0 bridgehead atoms. The molecule has 1 heterocycles. The van der Waals surface area contributed by atoms with Crippen molar-refractivity contribution in [3.05, 3.63) is 20.3 Å². The molecule has 0 aliphatic carbocycles. The number of carbonyl (C=O) groups is 2. The molecule has 0 spiro atoms. The zero-order valence-corrected chi connectivity index (χ0v) is 10.6. The summed E-state index contributed by atoms with van der Waals surface area (Å²) in [5, 5.41) is 1.83. The van der Waals surface area contributed by atoms with Gasteiger partial charge in [0.1, 0.15) is 4.88 Å². The van der Waals surface area contributed by atoms with Gasteiger partial charge in [-0.1, -0.05) is 0 Å². The van der Waals surface area contributed by atoms with Crippen LogP contribution in [0.3, 0.4) is 0 Å². The maximum Gasteiger partial charge on any atom is 0.350 e. The predicted molar refractivity (Wildman–Crippen MR) is 59.1 cm³/mol. The van der Waals surface area contributed by atoms with E-state index >= 15 is 0 Å². The van der Waals surface area contributed by atoms with Crippen LogP contribution in [0.25, 0.3) is 0 Å². The second-order valence-corrected chi connectivity index (χ2v) is 4.39. The third kappa shape index (κ3) is 3.04. The number of hydrogen-bond acceptors (Lipinski definition) is 5. The van der Waals surface area contributed by atoms with Crippen molar-refractivity contribution in [2.24, 2.45) is 0 Å². The maximum atomic E-state index is 11.4. The Hall–Kier alpha value is -0.880. The SMILES string of the molecule is COC(=O)COC(=O)c1scc(C)c1Br. The monoisotopic (exact) mass is 292 g/mol. The average Bonchev–Trinajstić information content (AvgIpc) is 2.56. The molecule has 15 heavy (non-hydrogen) atoms. The molecule has 0 aromatic carbocycles. The van der Waals surface area contributed by atoms with Gasteiger partial charge in [-0.05, 0) is 33.8 Å². The van der Waals surface area contributed by atoms with Gasteiger partial charge in [-0.15, -0.1) is 11.3 Å². The Bertz CT molecular complexity index is 385. The lowest BCUT2D eigenvalue weighted by Crippen LogP contribution is -2.14. The molecule has 0 atom stereocenters. The van der Waals surface area contributed by atoms with Gasteiger partial charge < -0.3 is 9.47 Å². The fraction of sp³-hybridized carbons (Fsp3) is 0.333. The smallest absolute Gasteiger partial charge is 0.350 e. The van der Waals surface area contributed by atoms with Crippen molar-refractivity contribution in [1.29, 1.82) is 0 Å². The summed E-state index contributed by atoms with van der Waals surface area (Å²) in [5.74, 6) is -1.10. The molecule has 4 nitrogen and oxygen atoms in total. The molecule has 1 aromatic rings. The third-order valence-corrected chi connectivity index (χ3v) is 4.00. The van der Waals surface area contributed by atoms with Gasteiger partial charge in [0, 0.05) is 4.47 Å². The highest BCUT2D eigenvalue weighted by Crippen LogP contribution is 2.28. The van der Waals surface area contributed by atoms with Crippen molar-refractivity contribution in [2.45, 2.75) is 6.92 Å². The Balaban J connectivity index is 2.62. The molecule has 0 N–H and O–H groups in total. The summed E-state index contributed by atoms with van der Waals surface area (Å²) < 4.78 is 9.80. The summed E-state index contributed by atoms with van der Waals surface area (Å²) in [6, 6.07) is 0. The summed E-state index contributed by atoms with van der Waals surface area (Å²) in [7, 11) is 1.24. The fourth-order valence-corrected chi connectivity index (χ4v) is 2.36. The number of carbonyl (C=O) groups excluding carboxylic acids is 2. The van der Waals surface area contributed by atoms with E-state index < -0.39 is 11.9 Å². The van der Waals surface area contributed by atoms with Crippen LogP contribution in [0.4, 0.5) is 0 Å². The second kappa shape index (κ2) is 5.27. The summed E-state index contributed by atoms with van der Waals surface area (Å²) in [4.78, 5) is 22.6. The third-order valence-electron chi connectivity index (χ3n) is 1.63. The maximum absolute atomic E-state index is 11.4. The molecular weight excluding hydrogens is 284 g/mol. The van der Waals surface area contributed by atoms with E-state index in [1.54, 1.807) is 0 Å². The van der Waals surface area contributed by atoms with Gasteiger partial charge in [0.25, 0.3) is 0 Å².